The van der Waals surface area contributed by atoms with E-state index in [0.717, 1.165) is 30.5 Å². The van der Waals surface area contributed by atoms with Crippen LogP contribution < -0.4 is 20.8 Å². The number of aromatic nitrogens is 3. The van der Waals surface area contributed by atoms with Crippen LogP contribution >= 0.6 is 0 Å². The summed E-state index contributed by atoms with van der Waals surface area (Å²) in [5.74, 6) is -2.15. The van der Waals surface area contributed by atoms with E-state index < -0.39 is 27.3 Å². The average molecular weight is 578 g/mol. The fraction of sp³-hybridized carbons (Fsp3) is 0.138. The van der Waals surface area contributed by atoms with Crippen molar-refractivity contribution in [1.82, 2.24) is 14.5 Å². The van der Waals surface area contributed by atoms with Gasteiger partial charge in [-0.25, -0.2) is 31.7 Å². The molecule has 3 aromatic carbocycles. The molecule has 2 heterocycles. The van der Waals surface area contributed by atoms with Crippen LogP contribution in [0.2, 0.25) is 0 Å². The molecular weight excluding hydrogens is 552 g/mol. The zero-order valence-electron chi connectivity index (χ0n) is 22.1. The lowest BCUT2D eigenvalue weighted by Crippen LogP contribution is -2.24. The average Bonchev–Trinajstić information content (AvgIpc) is 2.95. The molecule has 3 N–H and O–H groups in total. The third-order valence-corrected chi connectivity index (χ3v) is 7.82. The predicted octanol–water partition coefficient (Wildman–Crippen LogP) is 5.07. The third kappa shape index (κ3) is 5.33. The lowest BCUT2D eigenvalue weighted by atomic mass is 10.0. The van der Waals surface area contributed by atoms with Gasteiger partial charge in [-0.15, -0.1) is 0 Å². The molecule has 0 bridgehead atoms. The Kier molecular flexibility index (Phi) is 7.41. The van der Waals surface area contributed by atoms with Crippen molar-refractivity contribution in [2.75, 3.05) is 17.6 Å². The number of hydrogen-bond acceptors (Lipinski definition) is 7. The summed E-state index contributed by atoms with van der Waals surface area (Å²) in [6.07, 6.45) is 3.00. The Morgan fingerprint density at radius 2 is 1.80 bits per heavy atom. The largest absolute Gasteiger partial charge is 0.480 e. The fourth-order valence-corrected chi connectivity index (χ4v) is 5.75. The van der Waals surface area contributed by atoms with Crippen LogP contribution in [0, 0.1) is 11.6 Å². The van der Waals surface area contributed by atoms with Crippen LogP contribution in [0.3, 0.4) is 0 Å². The number of ether oxygens (including phenoxy) is 1. The number of anilines is 2. The van der Waals surface area contributed by atoms with Crippen LogP contribution in [-0.4, -0.2) is 30.1 Å². The van der Waals surface area contributed by atoms with E-state index in [1.165, 1.54) is 23.9 Å². The summed E-state index contributed by atoms with van der Waals surface area (Å²) in [6, 6.07) is 16.0. The van der Waals surface area contributed by atoms with Gasteiger partial charge in [0.05, 0.1) is 29.4 Å². The number of fused-ring (bicyclic) bond motifs is 1. The number of hydrogen-bond donors (Lipinski definition) is 2. The standard InChI is InChI=1S/C29H25F2N5O4S/c1-3-6-17-7-4-5-8-25(17)36-28(37)21-13-18(9-11-23(21)34-29(36)32)19-14-26(27(40-2)33-16-19)41(38,39)35-24-12-10-20(30)15-22(24)31/h4-5,7-16,35H,3,6H2,1-2H3,(H2,32,34). The lowest BCUT2D eigenvalue weighted by Gasteiger charge is -2.15. The molecule has 5 rings (SSSR count). The number of sulfonamides is 1. The minimum atomic E-state index is -4.43. The quantitative estimate of drug-likeness (QED) is 0.263. The maximum absolute atomic E-state index is 14.2. The highest BCUT2D eigenvalue weighted by Crippen LogP contribution is 2.31. The molecule has 0 amide bonds. The highest BCUT2D eigenvalue weighted by Gasteiger charge is 2.24. The Bertz CT molecular complexity index is 1960. The highest BCUT2D eigenvalue weighted by atomic mass is 32.2. The van der Waals surface area contributed by atoms with Gasteiger partial charge in [0.25, 0.3) is 15.6 Å². The molecule has 0 saturated carbocycles. The summed E-state index contributed by atoms with van der Waals surface area (Å²) >= 11 is 0. The summed E-state index contributed by atoms with van der Waals surface area (Å²) in [7, 11) is -3.19. The monoisotopic (exact) mass is 577 g/mol. The van der Waals surface area contributed by atoms with Gasteiger partial charge in [-0.3, -0.25) is 9.52 Å². The van der Waals surface area contributed by atoms with Crippen molar-refractivity contribution in [2.24, 2.45) is 0 Å². The number of nitrogens with two attached hydrogens (primary N) is 1. The first-order chi connectivity index (χ1) is 19.6. The molecule has 210 valence electrons. The number of nitrogens with zero attached hydrogens (tertiary/aromatic N) is 3. The molecule has 0 aliphatic carbocycles. The van der Waals surface area contributed by atoms with E-state index in [9.17, 15) is 22.0 Å². The predicted molar refractivity (Wildman–Crippen MR) is 153 cm³/mol. The molecule has 9 nitrogen and oxygen atoms in total. The van der Waals surface area contributed by atoms with Crippen molar-refractivity contribution in [3.63, 3.8) is 0 Å². The van der Waals surface area contributed by atoms with Gasteiger partial charge in [-0.1, -0.05) is 37.6 Å². The SMILES string of the molecule is CCCc1ccccc1-n1c(N)nc2ccc(-c3cnc(OC)c(S(=O)(=O)Nc4ccc(F)cc4F)c3)cc2c1=O. The van der Waals surface area contributed by atoms with E-state index in [1.807, 2.05) is 31.2 Å². The molecule has 12 heteroatoms. The number of para-hydroxylation sites is 1. The van der Waals surface area contributed by atoms with Crippen molar-refractivity contribution in [1.29, 1.82) is 0 Å². The van der Waals surface area contributed by atoms with Crippen molar-refractivity contribution in [3.05, 3.63) is 100 Å². The maximum atomic E-state index is 14.2. The van der Waals surface area contributed by atoms with Gasteiger partial charge in [-0.05, 0) is 53.9 Å². The smallest absolute Gasteiger partial charge is 0.267 e. The molecule has 0 aliphatic rings. The van der Waals surface area contributed by atoms with Crippen LogP contribution in [0.1, 0.15) is 18.9 Å². The van der Waals surface area contributed by atoms with Crippen molar-refractivity contribution in [2.45, 2.75) is 24.7 Å². The Hall–Kier alpha value is -4.84. The van der Waals surface area contributed by atoms with Crippen LogP contribution in [0.4, 0.5) is 20.4 Å². The topological polar surface area (TPSA) is 129 Å². The van der Waals surface area contributed by atoms with Crippen LogP contribution in [-0.2, 0) is 16.4 Å². The second-order valence-electron chi connectivity index (χ2n) is 9.18. The molecule has 0 saturated heterocycles. The van der Waals surface area contributed by atoms with Gasteiger partial charge >= 0.3 is 0 Å². The van der Waals surface area contributed by atoms with Gasteiger partial charge in [-0.2, -0.15) is 0 Å². The molecule has 0 unspecified atom stereocenters. The molecular formula is C29H25F2N5O4S. The first-order valence-corrected chi connectivity index (χ1v) is 14.0. The van der Waals surface area contributed by atoms with E-state index in [4.69, 9.17) is 10.5 Å². The van der Waals surface area contributed by atoms with Gasteiger partial charge < -0.3 is 10.5 Å². The van der Waals surface area contributed by atoms with Gasteiger partial charge in [0.2, 0.25) is 11.8 Å². The molecule has 0 fully saturated rings. The lowest BCUT2D eigenvalue weighted by molar-refractivity contribution is 0.385. The summed E-state index contributed by atoms with van der Waals surface area (Å²) in [6.45, 7) is 2.04. The molecule has 41 heavy (non-hydrogen) atoms. The Labute approximate surface area is 234 Å². The number of nitrogens with one attached hydrogen (secondary N) is 1. The normalized spacial score (nSPS) is 11.5. The fourth-order valence-electron chi connectivity index (χ4n) is 4.53. The van der Waals surface area contributed by atoms with E-state index in [2.05, 4.69) is 14.7 Å². The maximum Gasteiger partial charge on any atom is 0.267 e. The number of pyridine rings is 1. The summed E-state index contributed by atoms with van der Waals surface area (Å²) in [5, 5.41) is 0.259. The van der Waals surface area contributed by atoms with Gasteiger partial charge in [0.1, 0.15) is 16.5 Å². The van der Waals surface area contributed by atoms with E-state index in [0.29, 0.717) is 28.4 Å². The Morgan fingerprint density at radius 1 is 1.02 bits per heavy atom. The van der Waals surface area contributed by atoms with E-state index >= 15 is 0 Å². The molecule has 5 aromatic rings. The zero-order chi connectivity index (χ0) is 29.3. The highest BCUT2D eigenvalue weighted by molar-refractivity contribution is 7.92. The van der Waals surface area contributed by atoms with Crippen LogP contribution in [0.15, 0.2) is 82.6 Å². The Morgan fingerprint density at radius 3 is 2.54 bits per heavy atom. The molecule has 2 aromatic heterocycles. The van der Waals surface area contributed by atoms with Crippen molar-refractivity contribution >= 4 is 32.6 Å². The number of benzene rings is 3. The third-order valence-electron chi connectivity index (χ3n) is 6.46. The number of halogens is 2. The minimum absolute atomic E-state index is 0.0393. The molecule has 0 aliphatic heterocycles. The minimum Gasteiger partial charge on any atom is -0.480 e. The first kappa shape index (κ1) is 27.7. The molecule has 0 atom stereocenters. The number of aryl methyl sites for hydroxylation is 1. The second kappa shape index (κ2) is 11.0. The van der Waals surface area contributed by atoms with Crippen molar-refractivity contribution in [3.8, 4) is 22.7 Å². The zero-order valence-corrected chi connectivity index (χ0v) is 22.9. The number of methoxy groups -OCH3 is 1. The Balaban J connectivity index is 1.62. The summed E-state index contributed by atoms with van der Waals surface area (Å²) in [4.78, 5) is 21.9. The number of rotatable bonds is 8. The second-order valence-corrected chi connectivity index (χ2v) is 10.8. The molecule has 0 radical (unpaired) electrons. The van der Waals surface area contributed by atoms with E-state index in [-0.39, 0.29) is 27.7 Å². The number of nitrogen functional groups attached to an aromatic ring is 1. The van der Waals surface area contributed by atoms with Crippen LogP contribution in [0.5, 0.6) is 5.88 Å². The first-order valence-electron chi connectivity index (χ1n) is 12.6. The van der Waals surface area contributed by atoms with Crippen LogP contribution in [0.25, 0.3) is 27.7 Å². The summed E-state index contributed by atoms with van der Waals surface area (Å²) < 4.78 is 62.6. The van der Waals surface area contributed by atoms with Gasteiger partial charge in [0, 0.05) is 17.8 Å². The van der Waals surface area contributed by atoms with Gasteiger partial charge in [0.15, 0.2) is 0 Å². The van der Waals surface area contributed by atoms with Crippen molar-refractivity contribution < 1.29 is 21.9 Å². The molecule has 0 spiro atoms. The summed E-state index contributed by atoms with van der Waals surface area (Å²) in [5.41, 5.74) is 8.13. The van der Waals surface area contributed by atoms with E-state index in [1.54, 1.807) is 18.2 Å².